The Morgan fingerprint density at radius 2 is 1.04 bits per heavy atom. The first-order chi connectivity index (χ1) is 32.0. The van der Waals surface area contributed by atoms with Crippen LogP contribution in [0.25, 0.3) is 0 Å². The van der Waals surface area contributed by atoms with Gasteiger partial charge in [0.1, 0.15) is 12.7 Å². The fourth-order valence-electron chi connectivity index (χ4n) is 7.37. The van der Waals surface area contributed by atoms with Gasteiger partial charge in [-0.1, -0.05) is 0 Å². The summed E-state index contributed by atoms with van der Waals surface area (Å²) in [7, 11) is 0. The predicted molar refractivity (Wildman–Crippen MR) is 207 cm³/mol. The summed E-state index contributed by atoms with van der Waals surface area (Å²) in [6, 6.07) is 3.84. The first-order valence-electron chi connectivity index (χ1n) is 19.1. The van der Waals surface area contributed by atoms with E-state index in [1.807, 2.05) is 0 Å². The quantitative estimate of drug-likeness (QED) is 0.0455. The molecule has 68 heavy (non-hydrogen) atoms. The fraction of sp³-hybridized carbons (Fsp3) is 0.244. The van der Waals surface area contributed by atoms with Crippen LogP contribution in [-0.2, 0) is 42.8 Å². The molecule has 1 fully saturated rings. The highest BCUT2D eigenvalue weighted by Gasteiger charge is 2.57. The minimum Gasteiger partial charge on any atom is -0.504 e. The van der Waals surface area contributed by atoms with Gasteiger partial charge in [0.05, 0.1) is 34.6 Å². The van der Waals surface area contributed by atoms with E-state index in [-0.39, 0.29) is 0 Å². The van der Waals surface area contributed by atoms with E-state index in [1.165, 1.54) is 0 Å². The number of carbonyl (C=O) groups is 7. The Labute approximate surface area is 375 Å². The van der Waals surface area contributed by atoms with E-state index in [1.54, 1.807) is 0 Å². The Morgan fingerprint density at radius 3 is 1.54 bits per heavy atom. The molecule has 0 radical (unpaired) electrons. The maximum atomic E-state index is 14.5. The van der Waals surface area contributed by atoms with Gasteiger partial charge in [0.25, 0.3) is 0 Å². The largest absolute Gasteiger partial charge is 0.504 e. The standard InChI is InChI=1S/C41H32O27/c42-15-1-10(2-16(43)26(15)51)35(56)62-9-22-31-33(66-36(57)11-3-17(44)27(52)18(45)4-11)34(41(63-22)68-37(58)12-5-19(46)28(53)20(47)6-12)67-38(59)13-7-21(48)29(54)32-25(13)24(30(55)40(61)65-32)14(8-23(49)50)39(60)64-31/h1-7,14,22,24,30-31,33-34,41-48,51-55H,8-9H2,(H,49,50)/t14-,22+,24-,30-,31?,33-,34+,41-/m0/s1. The van der Waals surface area contributed by atoms with E-state index in [4.69, 9.17) is 33.2 Å². The molecule has 1 unspecified atom stereocenters. The van der Waals surface area contributed by atoms with Crippen LogP contribution in [0.15, 0.2) is 42.5 Å². The Morgan fingerprint density at radius 1 is 0.574 bits per heavy atom. The third kappa shape index (κ3) is 8.58. The lowest BCUT2D eigenvalue weighted by Gasteiger charge is -2.44. The number of carbonyl (C=O) groups excluding carboxylic acids is 6. The van der Waals surface area contributed by atoms with Crippen LogP contribution >= 0.6 is 0 Å². The number of rotatable bonds is 9. The van der Waals surface area contributed by atoms with Crippen molar-refractivity contribution in [1.29, 1.82) is 0 Å². The van der Waals surface area contributed by atoms with Crippen molar-refractivity contribution < 1.29 is 133 Å². The molecule has 0 saturated carbocycles. The number of carboxylic acids is 1. The van der Waals surface area contributed by atoms with E-state index in [0.29, 0.717) is 42.5 Å². The summed E-state index contributed by atoms with van der Waals surface area (Å²) in [4.78, 5) is 95.4. The van der Waals surface area contributed by atoms with Gasteiger partial charge in [-0.15, -0.1) is 0 Å². The van der Waals surface area contributed by atoms with Gasteiger partial charge in [-0.3, -0.25) is 9.59 Å². The van der Waals surface area contributed by atoms with Crippen LogP contribution in [-0.4, -0.2) is 152 Å². The van der Waals surface area contributed by atoms with E-state index in [0.717, 1.165) is 0 Å². The highest BCUT2D eigenvalue weighted by molar-refractivity contribution is 5.98. The summed E-state index contributed by atoms with van der Waals surface area (Å²) < 4.78 is 38.6. The molecule has 4 aromatic rings. The molecule has 7 rings (SSSR count). The molecule has 0 aliphatic carbocycles. The Kier molecular flexibility index (Phi) is 12.2. The molecule has 8 atom stereocenters. The summed E-state index contributed by atoms with van der Waals surface area (Å²) >= 11 is 0. The fourth-order valence-corrected chi connectivity index (χ4v) is 7.37. The molecular weight excluding hydrogens is 924 g/mol. The number of aliphatic hydroxyl groups excluding tert-OH is 1. The normalized spacial score (nSPS) is 23.0. The first kappa shape index (κ1) is 46.9. The summed E-state index contributed by atoms with van der Waals surface area (Å²) in [5.41, 5.74) is -4.15. The zero-order valence-electron chi connectivity index (χ0n) is 33.6. The van der Waals surface area contributed by atoms with Crippen molar-refractivity contribution in [1.82, 2.24) is 0 Å². The second kappa shape index (κ2) is 17.7. The lowest BCUT2D eigenvalue weighted by molar-refractivity contribution is -0.287. The summed E-state index contributed by atoms with van der Waals surface area (Å²) in [6.45, 7) is -1.28. The molecule has 0 aromatic heterocycles. The molecule has 13 N–H and O–H groups in total. The van der Waals surface area contributed by atoms with Crippen LogP contribution in [0, 0.1) is 5.92 Å². The molecule has 1 saturated heterocycles. The zero-order chi connectivity index (χ0) is 49.8. The van der Waals surface area contributed by atoms with Crippen LogP contribution in [0.2, 0.25) is 0 Å². The first-order valence-corrected chi connectivity index (χ1v) is 19.1. The van der Waals surface area contributed by atoms with Crippen molar-refractivity contribution in [3.05, 3.63) is 70.3 Å². The lowest BCUT2D eigenvalue weighted by atomic mass is 9.76. The molecule has 0 amide bonds. The number of benzene rings is 4. The van der Waals surface area contributed by atoms with Gasteiger partial charge < -0.3 is 99.5 Å². The second-order valence-electron chi connectivity index (χ2n) is 14.9. The summed E-state index contributed by atoms with van der Waals surface area (Å²) in [6.07, 6.45) is -16.3. The van der Waals surface area contributed by atoms with E-state index < -0.39 is 200 Å². The average molecular weight is 957 g/mol. The lowest BCUT2D eigenvalue weighted by Crippen LogP contribution is -2.63. The molecule has 2 bridgehead atoms. The Bertz CT molecular complexity index is 2750. The van der Waals surface area contributed by atoms with E-state index in [9.17, 15) is 99.9 Å². The molecule has 358 valence electrons. The second-order valence-corrected chi connectivity index (χ2v) is 14.9. The molecule has 27 heteroatoms. The minimum absolute atomic E-state index is 0.449. The van der Waals surface area contributed by atoms with Crippen LogP contribution in [0.3, 0.4) is 0 Å². The number of phenolic OH excluding ortho intramolecular Hbond substituents is 11. The highest BCUT2D eigenvalue weighted by atomic mass is 16.7. The minimum atomic E-state index is -2.57. The number of hydrogen-bond acceptors (Lipinski definition) is 26. The van der Waals surface area contributed by atoms with Crippen LogP contribution < -0.4 is 4.74 Å². The third-order valence-electron chi connectivity index (χ3n) is 10.6. The summed E-state index contributed by atoms with van der Waals surface area (Å²) in [5, 5.41) is 133. The van der Waals surface area contributed by atoms with Gasteiger partial charge in [0, 0.05) is 11.5 Å². The molecule has 3 heterocycles. The SMILES string of the molecule is O=C(O)C[C@@H]1C(=O)OC2[C@@H](COC(=O)c3cc(O)c(O)c(O)c3)O[C@@H](OC(=O)c3cc(O)c(O)c(O)c3)[C@H](OC(=O)c3cc(O)c(O)c4c3[C@H]1[C@H](O)C(=O)O4)[C@H]2OC(=O)c1cc(O)c(O)c(O)c1. The predicted octanol–water partition coefficient (Wildman–Crippen LogP) is 0.0179. The number of fused-ring (bicyclic) bond motifs is 2. The molecule has 4 aromatic carbocycles. The van der Waals surface area contributed by atoms with Crippen molar-refractivity contribution in [3.8, 4) is 69.0 Å². The number of ether oxygens (including phenoxy) is 7. The van der Waals surface area contributed by atoms with E-state index >= 15 is 0 Å². The van der Waals surface area contributed by atoms with Gasteiger partial charge in [0.15, 0.2) is 81.6 Å². The van der Waals surface area contributed by atoms with Gasteiger partial charge >= 0.3 is 41.8 Å². The number of aliphatic carboxylic acids is 1. The van der Waals surface area contributed by atoms with E-state index in [2.05, 4.69) is 0 Å². The third-order valence-corrected chi connectivity index (χ3v) is 10.6. The zero-order valence-corrected chi connectivity index (χ0v) is 33.6. The number of carboxylic acid groups (broad SMARTS) is 1. The molecule has 27 nitrogen and oxygen atoms in total. The van der Waals surface area contributed by atoms with Crippen LogP contribution in [0.1, 0.15) is 59.3 Å². The van der Waals surface area contributed by atoms with Gasteiger partial charge in [0.2, 0.25) is 18.1 Å². The number of esters is 6. The number of aromatic hydroxyl groups is 11. The molecule has 3 aliphatic rings. The number of hydrogen-bond donors (Lipinski definition) is 13. The van der Waals surface area contributed by atoms with Crippen LogP contribution in [0.4, 0.5) is 0 Å². The van der Waals surface area contributed by atoms with Crippen molar-refractivity contribution in [2.45, 2.75) is 49.1 Å². The molecule has 0 spiro atoms. The highest BCUT2D eigenvalue weighted by Crippen LogP contribution is 2.51. The number of aliphatic hydroxyl groups is 1. The van der Waals surface area contributed by atoms with Crippen molar-refractivity contribution in [3.63, 3.8) is 0 Å². The van der Waals surface area contributed by atoms with Gasteiger partial charge in [-0.2, -0.15) is 0 Å². The summed E-state index contributed by atoms with van der Waals surface area (Å²) in [5.74, 6) is -29.8. The topological polar surface area (TPSA) is 447 Å². The Hall–Kier alpha value is -9.11. The number of phenols is 11. The maximum absolute atomic E-state index is 14.5. The molecule has 3 aliphatic heterocycles. The van der Waals surface area contributed by atoms with Crippen molar-refractivity contribution >= 4 is 41.8 Å². The van der Waals surface area contributed by atoms with Crippen molar-refractivity contribution in [2.75, 3.05) is 6.61 Å². The van der Waals surface area contributed by atoms with Gasteiger partial charge in [-0.25, -0.2) is 24.0 Å². The average Bonchev–Trinajstić information content (AvgIpc) is 3.28. The Balaban J connectivity index is 1.44. The smallest absolute Gasteiger partial charge is 0.341 e. The van der Waals surface area contributed by atoms with Crippen LogP contribution in [0.5, 0.6) is 69.0 Å². The van der Waals surface area contributed by atoms with Gasteiger partial charge in [-0.05, 0) is 42.5 Å². The maximum Gasteiger partial charge on any atom is 0.341 e. The monoisotopic (exact) mass is 956 g/mol. The molecular formula is C41H32O27. The van der Waals surface area contributed by atoms with Crippen molar-refractivity contribution in [2.24, 2.45) is 5.92 Å².